The first-order chi connectivity index (χ1) is 33.6. The van der Waals surface area contributed by atoms with Crippen molar-refractivity contribution in [1.29, 1.82) is 0 Å². The highest BCUT2D eigenvalue weighted by Gasteiger charge is 2.30. The Morgan fingerprint density at radius 1 is 0.507 bits per heavy atom. The van der Waals surface area contributed by atoms with Crippen molar-refractivity contribution in [1.82, 2.24) is 23.6 Å². The van der Waals surface area contributed by atoms with E-state index < -0.39 is 105 Å². The lowest BCUT2D eigenvalue weighted by atomic mass is 9.90. The number of nitrogens with zero attached hydrogens (tertiary/aromatic N) is 4. The maximum atomic E-state index is 15.4. The lowest BCUT2D eigenvalue weighted by molar-refractivity contribution is -0.146. The normalized spacial score (nSPS) is 12.1. The Balaban J connectivity index is 1.08. The number of benzene rings is 4. The minimum Gasteiger partial charge on any atom is -0.469 e. The van der Waals surface area contributed by atoms with Crippen LogP contribution in [-0.2, 0) is 73.2 Å². The summed E-state index contributed by atoms with van der Waals surface area (Å²) in [6, 6.07) is 16.6. The van der Waals surface area contributed by atoms with Crippen LogP contribution in [-0.4, -0.2) is 56.0 Å². The second-order valence-corrected chi connectivity index (χ2v) is 17.3. The van der Waals surface area contributed by atoms with Gasteiger partial charge in [-0.2, -0.15) is 0 Å². The highest BCUT2D eigenvalue weighted by atomic mass is 19.1. The minimum absolute atomic E-state index is 0.0346. The van der Waals surface area contributed by atoms with Gasteiger partial charge >= 0.3 is 23.3 Å². The Bertz CT molecular complexity index is 3070. The van der Waals surface area contributed by atoms with Crippen molar-refractivity contribution in [3.8, 4) is 22.3 Å². The molecule has 0 spiro atoms. The molecular formula is C52H51F4N5O10. The Kier molecular flexibility index (Phi) is 16.2. The molecular weight excluding hydrogens is 931 g/mol. The Labute approximate surface area is 403 Å². The molecule has 2 heterocycles. The molecule has 2 atom stereocenters. The highest BCUT2D eigenvalue weighted by molar-refractivity contribution is 5.99. The summed E-state index contributed by atoms with van der Waals surface area (Å²) >= 11 is 0. The van der Waals surface area contributed by atoms with E-state index in [0.29, 0.717) is 44.8 Å². The van der Waals surface area contributed by atoms with Gasteiger partial charge in [-0.15, -0.1) is 0 Å². The number of rotatable bonds is 18. The molecule has 6 rings (SSSR count). The van der Waals surface area contributed by atoms with Gasteiger partial charge in [-0.1, -0.05) is 48.5 Å². The zero-order valence-corrected chi connectivity index (χ0v) is 40.2. The number of ether oxygens (including phenoxy) is 2. The van der Waals surface area contributed by atoms with E-state index in [1.165, 1.54) is 37.3 Å². The number of esters is 2. The first-order valence-corrected chi connectivity index (χ1v) is 22.2. The van der Waals surface area contributed by atoms with Crippen molar-refractivity contribution in [2.75, 3.05) is 14.2 Å². The fourth-order valence-corrected chi connectivity index (χ4v) is 8.54. The summed E-state index contributed by atoms with van der Waals surface area (Å²) in [5, 5.41) is 2.82. The molecule has 6 aromatic rings. The quantitative estimate of drug-likeness (QED) is 0.0653. The van der Waals surface area contributed by atoms with E-state index in [9.17, 15) is 38.4 Å². The first-order valence-electron chi connectivity index (χ1n) is 22.2. The predicted molar refractivity (Wildman–Crippen MR) is 254 cm³/mol. The van der Waals surface area contributed by atoms with E-state index in [1.807, 2.05) is 0 Å². The molecule has 0 saturated heterocycles. The number of carbonyl (C=O) groups is 4. The number of carbonyl (C=O) groups excluding carboxylic acids is 4. The van der Waals surface area contributed by atoms with E-state index in [1.54, 1.807) is 62.4 Å². The Hall–Kier alpha value is -7.80. The standard InChI is InChI=1S/C52H51F4N5O10/c1-27-43(47(64)60(5)51(68)58(27)3)33-13-9-29(10-14-33)17-35(49(66)70-7)23-41(62)45-37(53)19-31(20-38(45)54)25-57-26-32-21-39(55)46(40(56)22-32)42(63)24-36(50(67)71-8)18-30-11-15-34(16-12-30)44-28(2)59(4)52(69)61(6)48(44)65/h9-16,19-22,35-36,57H,17-18,23-26H2,1-8H3/t35-,36-/m1/s1. The summed E-state index contributed by atoms with van der Waals surface area (Å²) < 4.78 is 76.2. The second-order valence-electron chi connectivity index (χ2n) is 17.3. The van der Waals surface area contributed by atoms with Crippen LogP contribution in [0.1, 0.15) is 67.2 Å². The van der Waals surface area contributed by atoms with Crippen molar-refractivity contribution >= 4 is 23.5 Å². The molecule has 2 aromatic heterocycles. The molecule has 71 heavy (non-hydrogen) atoms. The van der Waals surface area contributed by atoms with Crippen molar-refractivity contribution in [2.24, 2.45) is 40.0 Å². The summed E-state index contributed by atoms with van der Waals surface area (Å²) in [6.45, 7) is 2.83. The number of ketones is 2. The largest absolute Gasteiger partial charge is 0.469 e. The van der Waals surface area contributed by atoms with Crippen molar-refractivity contribution in [2.45, 2.75) is 52.6 Å². The van der Waals surface area contributed by atoms with Crippen LogP contribution >= 0.6 is 0 Å². The van der Waals surface area contributed by atoms with Crippen LogP contribution in [0.5, 0.6) is 0 Å². The fraction of sp³-hybridized carbons (Fsp3) is 0.308. The van der Waals surface area contributed by atoms with Crippen molar-refractivity contribution in [3.05, 3.63) is 183 Å². The van der Waals surface area contributed by atoms with Gasteiger partial charge in [0.15, 0.2) is 11.6 Å². The predicted octanol–water partition coefficient (Wildman–Crippen LogP) is 5.49. The smallest absolute Gasteiger partial charge is 0.330 e. The van der Waals surface area contributed by atoms with Gasteiger partial charge < -0.3 is 23.9 Å². The van der Waals surface area contributed by atoms with E-state index >= 15 is 17.6 Å². The second kappa shape index (κ2) is 21.9. The lowest BCUT2D eigenvalue weighted by Crippen LogP contribution is -2.39. The van der Waals surface area contributed by atoms with Crippen LogP contribution in [0.15, 0.2) is 92.0 Å². The SMILES string of the molecule is COC(=O)[C@@H](CC(=O)c1c(F)cc(CNCc2cc(F)c(C(=O)C[C@@H](Cc3ccc(-c4c(C)n(C)c(=O)n(C)c4=O)cc3)C(=O)OC)c(F)c2)cc1F)Cc1ccc(-c2c(C)n(C)c(=O)n(C)c2=O)cc1. The molecule has 372 valence electrons. The van der Waals surface area contributed by atoms with E-state index in [-0.39, 0.29) is 37.1 Å². The van der Waals surface area contributed by atoms with Crippen molar-refractivity contribution in [3.63, 3.8) is 0 Å². The fourth-order valence-electron chi connectivity index (χ4n) is 8.54. The maximum absolute atomic E-state index is 15.4. The molecule has 0 fully saturated rings. The van der Waals surface area contributed by atoms with Gasteiger partial charge in [0.05, 0.1) is 48.3 Å². The topological polar surface area (TPSA) is 187 Å². The van der Waals surface area contributed by atoms with E-state index in [2.05, 4.69) is 5.32 Å². The zero-order valence-electron chi connectivity index (χ0n) is 40.2. The number of Topliss-reactive ketones (excluding diaryl/α,β-unsaturated/α-hetero) is 2. The van der Waals surface area contributed by atoms with Gasteiger partial charge in [0.25, 0.3) is 11.1 Å². The number of hydrogen-bond acceptors (Lipinski definition) is 11. The zero-order chi connectivity index (χ0) is 52.2. The summed E-state index contributed by atoms with van der Waals surface area (Å²) in [5.41, 5.74) is -0.0644. The third-order valence-corrected chi connectivity index (χ3v) is 12.7. The van der Waals surface area contributed by atoms with E-state index in [0.717, 1.165) is 47.6 Å². The van der Waals surface area contributed by atoms with E-state index in [4.69, 9.17) is 9.47 Å². The molecule has 1 N–H and O–H groups in total. The molecule has 0 amide bonds. The first kappa shape index (κ1) is 52.6. The average Bonchev–Trinajstić information content (AvgIpc) is 3.33. The molecule has 0 aliphatic carbocycles. The molecule has 0 bridgehead atoms. The summed E-state index contributed by atoms with van der Waals surface area (Å²) in [6.07, 6.45) is -1.33. The number of aromatic nitrogens is 4. The minimum atomic E-state index is -1.21. The van der Waals surface area contributed by atoms with Crippen LogP contribution < -0.4 is 27.8 Å². The number of nitrogens with one attached hydrogen (secondary N) is 1. The number of halogens is 4. The van der Waals surface area contributed by atoms with Gasteiger partial charge in [-0.05, 0) is 84.3 Å². The molecule has 19 heteroatoms. The molecule has 0 saturated carbocycles. The van der Waals surface area contributed by atoms with Crippen LogP contribution in [0.3, 0.4) is 0 Å². The molecule has 0 radical (unpaired) electrons. The maximum Gasteiger partial charge on any atom is 0.330 e. The van der Waals surface area contributed by atoms with Crippen LogP contribution in [0.25, 0.3) is 22.3 Å². The van der Waals surface area contributed by atoms with Crippen LogP contribution in [0.2, 0.25) is 0 Å². The van der Waals surface area contributed by atoms with Gasteiger partial charge in [-0.3, -0.25) is 37.9 Å². The molecule has 0 aliphatic heterocycles. The van der Waals surface area contributed by atoms with Gasteiger partial charge in [0.1, 0.15) is 23.3 Å². The third-order valence-electron chi connectivity index (χ3n) is 12.7. The number of hydrogen-bond donors (Lipinski definition) is 1. The van der Waals surface area contributed by atoms with Crippen LogP contribution in [0.4, 0.5) is 17.6 Å². The van der Waals surface area contributed by atoms with Crippen molar-refractivity contribution < 1.29 is 46.2 Å². The summed E-state index contributed by atoms with van der Waals surface area (Å²) in [7, 11) is 8.03. The highest BCUT2D eigenvalue weighted by Crippen LogP contribution is 2.27. The van der Waals surface area contributed by atoms with Crippen LogP contribution in [0, 0.1) is 49.0 Å². The Morgan fingerprint density at radius 3 is 1.11 bits per heavy atom. The number of methoxy groups -OCH3 is 2. The summed E-state index contributed by atoms with van der Waals surface area (Å²) in [4.78, 5) is 103. The lowest BCUT2D eigenvalue weighted by Gasteiger charge is -2.16. The van der Waals surface area contributed by atoms with Gasteiger partial charge in [0.2, 0.25) is 0 Å². The molecule has 0 aliphatic rings. The molecule has 0 unspecified atom stereocenters. The van der Waals surface area contributed by atoms with Gasteiger partial charge in [0, 0.05) is 65.5 Å². The third kappa shape index (κ3) is 11.1. The summed E-state index contributed by atoms with van der Waals surface area (Å²) in [5.74, 6) is -10.7. The monoisotopic (exact) mass is 981 g/mol. The molecule has 4 aromatic carbocycles. The van der Waals surface area contributed by atoms with Gasteiger partial charge in [-0.25, -0.2) is 27.2 Å². The average molecular weight is 982 g/mol. The molecule has 15 nitrogen and oxygen atoms in total. The Morgan fingerprint density at radius 2 is 0.817 bits per heavy atom.